The van der Waals surface area contributed by atoms with Crippen LogP contribution in [0.5, 0.6) is 5.75 Å². The summed E-state index contributed by atoms with van der Waals surface area (Å²) in [6, 6.07) is 9.12. The number of hydrogen-bond donors (Lipinski definition) is 2. The number of alkyl halides is 3. The molecule has 0 bridgehead atoms. The van der Waals surface area contributed by atoms with Crippen molar-refractivity contribution in [3.05, 3.63) is 59.2 Å². The minimum atomic E-state index is -4.84. The van der Waals surface area contributed by atoms with Gasteiger partial charge >= 0.3 is 12.4 Å². The van der Waals surface area contributed by atoms with Crippen LogP contribution in [0, 0.1) is 13.8 Å². The van der Waals surface area contributed by atoms with E-state index >= 15 is 0 Å². The van der Waals surface area contributed by atoms with Gasteiger partial charge in [0.15, 0.2) is 0 Å². The number of benzene rings is 2. The highest BCUT2D eigenvalue weighted by Crippen LogP contribution is 2.31. The zero-order chi connectivity index (χ0) is 23.0. The molecule has 31 heavy (non-hydrogen) atoms. The first-order valence-corrected chi connectivity index (χ1v) is 9.26. The van der Waals surface area contributed by atoms with Crippen molar-refractivity contribution in [3.63, 3.8) is 0 Å². The van der Waals surface area contributed by atoms with Crippen LogP contribution in [-0.2, 0) is 15.1 Å². The summed E-state index contributed by atoms with van der Waals surface area (Å²) < 4.78 is 40.8. The highest BCUT2D eigenvalue weighted by molar-refractivity contribution is 6.10. The maximum absolute atomic E-state index is 12.9. The number of carbonyl (C=O) groups excluding carboxylic acids is 3. The average molecular weight is 435 g/mol. The Kier molecular flexibility index (Phi) is 5.66. The Balaban J connectivity index is 1.72. The van der Waals surface area contributed by atoms with Crippen molar-refractivity contribution in [2.75, 3.05) is 11.9 Å². The Morgan fingerprint density at radius 1 is 1.10 bits per heavy atom. The third-order valence-corrected chi connectivity index (χ3v) is 5.03. The van der Waals surface area contributed by atoms with Gasteiger partial charge in [-0.2, -0.15) is 0 Å². The lowest BCUT2D eigenvalue weighted by atomic mass is 9.92. The lowest BCUT2D eigenvalue weighted by Gasteiger charge is -2.22. The predicted octanol–water partition coefficient (Wildman–Crippen LogP) is 3.61. The number of anilines is 1. The largest absolute Gasteiger partial charge is 0.573 e. The smallest absolute Gasteiger partial charge is 0.406 e. The van der Waals surface area contributed by atoms with Crippen molar-refractivity contribution < 1.29 is 32.3 Å². The molecule has 0 spiro atoms. The van der Waals surface area contributed by atoms with Gasteiger partial charge in [0.2, 0.25) is 5.91 Å². The van der Waals surface area contributed by atoms with Crippen molar-refractivity contribution >= 4 is 23.5 Å². The van der Waals surface area contributed by atoms with Crippen molar-refractivity contribution in [1.29, 1.82) is 0 Å². The Labute approximate surface area is 176 Å². The van der Waals surface area contributed by atoms with Crippen LogP contribution in [0.3, 0.4) is 0 Å². The van der Waals surface area contributed by atoms with Gasteiger partial charge in [0.25, 0.3) is 5.91 Å². The van der Waals surface area contributed by atoms with Crippen LogP contribution in [-0.4, -0.2) is 35.7 Å². The number of carbonyl (C=O) groups is 3. The topological polar surface area (TPSA) is 87.7 Å². The van der Waals surface area contributed by atoms with Gasteiger partial charge in [-0.3, -0.25) is 14.5 Å². The van der Waals surface area contributed by atoms with Crippen molar-refractivity contribution in [2.45, 2.75) is 32.7 Å². The number of urea groups is 1. The molecular formula is C21H20F3N3O4. The molecule has 0 aromatic heterocycles. The minimum Gasteiger partial charge on any atom is -0.406 e. The summed E-state index contributed by atoms with van der Waals surface area (Å²) in [6.07, 6.45) is -4.84. The summed E-state index contributed by atoms with van der Waals surface area (Å²) in [5, 5.41) is 5.13. The summed E-state index contributed by atoms with van der Waals surface area (Å²) in [4.78, 5) is 38.4. The molecule has 0 aliphatic carbocycles. The molecule has 1 aliphatic rings. The first-order chi connectivity index (χ1) is 14.4. The van der Waals surface area contributed by atoms with E-state index in [2.05, 4.69) is 15.4 Å². The molecule has 4 amide bonds. The third-order valence-electron chi connectivity index (χ3n) is 5.03. The Bertz CT molecular complexity index is 1040. The first kappa shape index (κ1) is 22.1. The third kappa shape index (κ3) is 4.79. The van der Waals surface area contributed by atoms with E-state index in [1.165, 1.54) is 19.1 Å². The number of ether oxygens (including phenoxy) is 1. The molecule has 0 saturated carbocycles. The van der Waals surface area contributed by atoms with Gasteiger partial charge in [-0.15, -0.1) is 13.2 Å². The van der Waals surface area contributed by atoms with E-state index in [1.807, 2.05) is 19.9 Å². The molecule has 1 atom stereocenters. The van der Waals surface area contributed by atoms with Gasteiger partial charge < -0.3 is 15.4 Å². The highest BCUT2D eigenvalue weighted by Gasteiger charge is 2.49. The number of halogens is 3. The second kappa shape index (κ2) is 7.93. The lowest BCUT2D eigenvalue weighted by Crippen LogP contribution is -2.42. The van der Waals surface area contributed by atoms with Crippen LogP contribution < -0.4 is 15.4 Å². The minimum absolute atomic E-state index is 0.248. The fourth-order valence-electron chi connectivity index (χ4n) is 3.19. The predicted molar refractivity (Wildman–Crippen MR) is 105 cm³/mol. The SMILES string of the molecule is Cc1ccc(NC(=O)CN2C(=O)NC(C)(c3ccc(OC(F)(F)F)cc3)C2=O)cc1C. The molecule has 7 nitrogen and oxygen atoms in total. The van der Waals surface area contributed by atoms with E-state index in [4.69, 9.17) is 0 Å². The van der Waals surface area contributed by atoms with E-state index in [9.17, 15) is 27.6 Å². The molecule has 0 radical (unpaired) electrons. The summed E-state index contributed by atoms with van der Waals surface area (Å²) in [6.45, 7) is 4.71. The fourth-order valence-corrected chi connectivity index (χ4v) is 3.19. The summed E-state index contributed by atoms with van der Waals surface area (Å²) in [5.41, 5.74) is 1.27. The van der Waals surface area contributed by atoms with Crippen LogP contribution in [0.4, 0.5) is 23.7 Å². The molecule has 1 aliphatic heterocycles. The fraction of sp³-hybridized carbons (Fsp3) is 0.286. The number of imide groups is 1. The van der Waals surface area contributed by atoms with Crippen LogP contribution in [0.2, 0.25) is 0 Å². The molecule has 2 aromatic carbocycles. The molecule has 1 heterocycles. The van der Waals surface area contributed by atoms with Crippen LogP contribution in [0.25, 0.3) is 0 Å². The molecule has 1 fully saturated rings. The van der Waals surface area contributed by atoms with E-state index in [0.717, 1.165) is 28.2 Å². The standard InChI is InChI=1S/C21H20F3N3O4/c1-12-4-7-15(10-13(12)2)25-17(28)11-27-18(29)20(3,26-19(27)30)14-5-8-16(9-6-14)31-21(22,23)24/h4-10H,11H2,1-3H3,(H,25,28)(H,26,30). The Hall–Kier alpha value is -3.56. The lowest BCUT2D eigenvalue weighted by molar-refractivity contribution is -0.274. The van der Waals surface area contributed by atoms with Gasteiger partial charge in [-0.05, 0) is 61.7 Å². The van der Waals surface area contributed by atoms with Gasteiger partial charge in [0.05, 0.1) is 0 Å². The van der Waals surface area contributed by atoms with E-state index < -0.39 is 42.0 Å². The van der Waals surface area contributed by atoms with Gasteiger partial charge in [0, 0.05) is 5.69 Å². The maximum Gasteiger partial charge on any atom is 0.573 e. The zero-order valence-corrected chi connectivity index (χ0v) is 17.0. The quantitative estimate of drug-likeness (QED) is 0.703. The molecule has 2 N–H and O–H groups in total. The zero-order valence-electron chi connectivity index (χ0n) is 17.0. The van der Waals surface area contributed by atoms with Crippen molar-refractivity contribution in [2.24, 2.45) is 0 Å². The second-order valence-electron chi connectivity index (χ2n) is 7.37. The Morgan fingerprint density at radius 3 is 2.32 bits per heavy atom. The molecule has 1 saturated heterocycles. The molecule has 10 heteroatoms. The number of rotatable bonds is 5. The van der Waals surface area contributed by atoms with E-state index in [0.29, 0.717) is 5.69 Å². The summed E-state index contributed by atoms with van der Waals surface area (Å²) in [5.74, 6) is -1.72. The van der Waals surface area contributed by atoms with Crippen LogP contribution in [0.1, 0.15) is 23.6 Å². The molecule has 2 aromatic rings. The second-order valence-corrected chi connectivity index (χ2v) is 7.37. The van der Waals surface area contributed by atoms with Crippen LogP contribution in [0.15, 0.2) is 42.5 Å². The molecule has 3 rings (SSSR count). The van der Waals surface area contributed by atoms with Gasteiger partial charge in [-0.1, -0.05) is 18.2 Å². The number of nitrogens with zero attached hydrogens (tertiary/aromatic N) is 1. The summed E-state index contributed by atoms with van der Waals surface area (Å²) in [7, 11) is 0. The normalized spacial score (nSPS) is 18.7. The molecule has 164 valence electrons. The number of amides is 4. The molecule has 1 unspecified atom stereocenters. The molecular weight excluding hydrogens is 415 g/mol. The van der Waals surface area contributed by atoms with Crippen LogP contribution >= 0.6 is 0 Å². The monoisotopic (exact) mass is 435 g/mol. The Morgan fingerprint density at radius 2 is 1.74 bits per heavy atom. The number of nitrogens with one attached hydrogen (secondary N) is 2. The summed E-state index contributed by atoms with van der Waals surface area (Å²) >= 11 is 0. The average Bonchev–Trinajstić information content (AvgIpc) is 2.88. The maximum atomic E-state index is 12.9. The first-order valence-electron chi connectivity index (χ1n) is 9.26. The van der Waals surface area contributed by atoms with Gasteiger partial charge in [-0.25, -0.2) is 4.79 Å². The highest BCUT2D eigenvalue weighted by atomic mass is 19.4. The van der Waals surface area contributed by atoms with E-state index in [1.54, 1.807) is 12.1 Å². The number of hydrogen-bond acceptors (Lipinski definition) is 4. The van der Waals surface area contributed by atoms with Crippen molar-refractivity contribution in [1.82, 2.24) is 10.2 Å². The van der Waals surface area contributed by atoms with E-state index in [-0.39, 0.29) is 5.56 Å². The number of aryl methyl sites for hydroxylation is 2. The van der Waals surface area contributed by atoms with Gasteiger partial charge in [0.1, 0.15) is 17.8 Å². The van der Waals surface area contributed by atoms with Crippen molar-refractivity contribution in [3.8, 4) is 5.75 Å².